The van der Waals surface area contributed by atoms with Crippen LogP contribution in [-0.2, 0) is 14.2 Å². The molecule has 0 radical (unpaired) electrons. The van der Waals surface area contributed by atoms with Gasteiger partial charge in [0.2, 0.25) is 0 Å². The van der Waals surface area contributed by atoms with Crippen LogP contribution >= 0.6 is 34.2 Å². The first kappa shape index (κ1) is 34.9. The molecule has 0 amide bonds. The first-order valence-corrected chi connectivity index (χ1v) is 16.0. The molecule has 3 nitrogen and oxygen atoms in total. The lowest BCUT2D eigenvalue weighted by Gasteiger charge is -2.48. The van der Waals surface area contributed by atoms with Gasteiger partial charge in [0, 0.05) is 11.4 Å². The summed E-state index contributed by atoms with van der Waals surface area (Å²) in [5, 5.41) is 0. The quantitative estimate of drug-likeness (QED) is 0.113. The van der Waals surface area contributed by atoms with Gasteiger partial charge in [-0.1, -0.05) is 56.2 Å². The number of rotatable bonds is 17. The molecule has 0 N–H and O–H groups in total. The van der Waals surface area contributed by atoms with E-state index in [1.807, 2.05) is 35.4 Å². The maximum atomic E-state index is 6.76. The first-order chi connectivity index (χ1) is 15.0. The number of hydrogen-bond donors (Lipinski definition) is 1. The smallest absolute Gasteiger partial charge is 0.105 e. The van der Waals surface area contributed by atoms with Crippen LogP contribution in [-0.4, -0.2) is 46.0 Å². The Kier molecular flexibility index (Phi) is 13.5. The molecular weight excluding hydrogens is 481 g/mol. The van der Waals surface area contributed by atoms with Crippen LogP contribution in [0, 0.1) is 10.8 Å². The van der Waals surface area contributed by atoms with Crippen molar-refractivity contribution in [1.82, 2.24) is 0 Å². The zero-order valence-corrected chi connectivity index (χ0v) is 27.7. The molecule has 0 bridgehead atoms. The molecule has 0 rings (SSSR count). The van der Waals surface area contributed by atoms with E-state index in [2.05, 4.69) is 102 Å². The second-order valence-corrected chi connectivity index (χ2v) is 17.5. The molecule has 0 saturated heterocycles. The fourth-order valence-corrected chi connectivity index (χ4v) is 6.55. The Bertz CT molecular complexity index is 592. The van der Waals surface area contributed by atoms with Gasteiger partial charge < -0.3 is 14.2 Å². The summed E-state index contributed by atoms with van der Waals surface area (Å²) >= 11 is 4.58. The predicted molar refractivity (Wildman–Crippen MR) is 159 cm³/mol. The van der Waals surface area contributed by atoms with Gasteiger partial charge in [-0.25, -0.2) is 0 Å². The molecule has 2 atom stereocenters. The fourth-order valence-electron chi connectivity index (χ4n) is 4.18. The topological polar surface area (TPSA) is 27.7 Å². The molecule has 0 aliphatic rings. The van der Waals surface area contributed by atoms with E-state index >= 15 is 0 Å². The van der Waals surface area contributed by atoms with Crippen LogP contribution < -0.4 is 0 Å². The molecule has 0 saturated carbocycles. The van der Waals surface area contributed by atoms with Gasteiger partial charge in [-0.3, -0.25) is 0 Å². The molecule has 0 aromatic rings. The zero-order valence-electron chi connectivity index (χ0n) is 25.2. The van der Waals surface area contributed by atoms with Crippen molar-refractivity contribution in [1.29, 1.82) is 0 Å². The van der Waals surface area contributed by atoms with E-state index in [0.717, 1.165) is 32.3 Å². The van der Waals surface area contributed by atoms with Gasteiger partial charge in [-0.2, -0.15) is 0 Å². The summed E-state index contributed by atoms with van der Waals surface area (Å²) in [5.74, 6) is 0. The highest BCUT2D eigenvalue weighted by Gasteiger charge is 2.44. The molecule has 2 unspecified atom stereocenters. The molecule has 6 heteroatoms. The highest BCUT2D eigenvalue weighted by atomic mass is 33.1. The Morgan fingerprint density at radius 1 is 0.765 bits per heavy atom. The highest BCUT2D eigenvalue weighted by molar-refractivity contribution is 8.76. The van der Waals surface area contributed by atoms with Crippen molar-refractivity contribution in [3.8, 4) is 0 Å². The monoisotopic (exact) mass is 538 g/mol. The van der Waals surface area contributed by atoms with Gasteiger partial charge in [0.25, 0.3) is 0 Å². The van der Waals surface area contributed by atoms with E-state index in [4.69, 9.17) is 14.2 Å². The summed E-state index contributed by atoms with van der Waals surface area (Å²) < 4.78 is 19.7. The third-order valence-corrected chi connectivity index (χ3v) is 10.5. The minimum Gasteiger partial charge on any atom is -0.375 e. The van der Waals surface area contributed by atoms with Crippen LogP contribution in [0.25, 0.3) is 0 Å². The summed E-state index contributed by atoms with van der Waals surface area (Å²) in [7, 11) is 3.75. The summed E-state index contributed by atoms with van der Waals surface area (Å²) in [6, 6.07) is 0. The molecule has 0 spiro atoms. The maximum Gasteiger partial charge on any atom is 0.105 e. The lowest BCUT2D eigenvalue weighted by molar-refractivity contribution is -0.171. The van der Waals surface area contributed by atoms with Crippen LogP contribution in [0.5, 0.6) is 0 Å². The van der Waals surface area contributed by atoms with Gasteiger partial charge in [0.05, 0.1) is 23.4 Å². The Labute approximate surface area is 227 Å². The summed E-state index contributed by atoms with van der Waals surface area (Å²) in [4.78, 5) is -0.437. The molecule has 0 aliphatic heterocycles. The Hall–Kier alpha value is 0.930. The second kappa shape index (κ2) is 13.1. The van der Waals surface area contributed by atoms with Gasteiger partial charge >= 0.3 is 0 Å². The summed E-state index contributed by atoms with van der Waals surface area (Å²) in [5.41, 5.74) is -0.639. The molecule has 206 valence electrons. The van der Waals surface area contributed by atoms with Crippen molar-refractivity contribution in [3.05, 3.63) is 0 Å². The molecule has 0 aromatic carbocycles. The molecule has 0 aliphatic carbocycles. The van der Waals surface area contributed by atoms with E-state index in [-0.39, 0.29) is 39.0 Å². The number of hydrogen-bond acceptors (Lipinski definition) is 6. The van der Waals surface area contributed by atoms with Crippen molar-refractivity contribution in [2.45, 2.75) is 156 Å². The number of thiol groups is 1. The van der Waals surface area contributed by atoms with E-state index in [0.29, 0.717) is 0 Å². The highest BCUT2D eigenvalue weighted by Crippen LogP contribution is 2.44. The standard InChI is InChI=1S/C28H58O3S3/c1-16-22(31-28(13,14)32)20-24(5,6)27(11,12)30-21(2)19-23(3,4)26(9,10)29-18-17-25(7,8)34-33-15/h21-22,32H,16-20H2,1-15H3. The van der Waals surface area contributed by atoms with Crippen LogP contribution in [0.2, 0.25) is 0 Å². The van der Waals surface area contributed by atoms with Gasteiger partial charge in [0.15, 0.2) is 0 Å². The molecule has 0 heterocycles. The Balaban J connectivity index is 5.15. The Morgan fingerprint density at radius 3 is 1.71 bits per heavy atom. The third-order valence-electron chi connectivity index (χ3n) is 7.68. The van der Waals surface area contributed by atoms with Crippen molar-refractivity contribution in [2.24, 2.45) is 10.8 Å². The van der Waals surface area contributed by atoms with Crippen molar-refractivity contribution >= 4 is 34.2 Å². The lowest BCUT2D eigenvalue weighted by atomic mass is 9.71. The maximum absolute atomic E-state index is 6.76. The van der Waals surface area contributed by atoms with Crippen molar-refractivity contribution in [3.63, 3.8) is 0 Å². The average Bonchev–Trinajstić information content (AvgIpc) is 2.57. The van der Waals surface area contributed by atoms with E-state index in [1.165, 1.54) is 0 Å². The van der Waals surface area contributed by atoms with Crippen molar-refractivity contribution in [2.75, 3.05) is 12.9 Å². The van der Waals surface area contributed by atoms with Gasteiger partial charge in [-0.05, 0) is 105 Å². The average molecular weight is 539 g/mol. The van der Waals surface area contributed by atoms with E-state index < -0.39 is 4.93 Å². The number of ether oxygens (including phenoxy) is 3. The lowest BCUT2D eigenvalue weighted by Crippen LogP contribution is -2.49. The molecular formula is C28H58O3S3. The normalized spacial score (nSPS) is 16.6. The van der Waals surface area contributed by atoms with Gasteiger partial charge in [0.1, 0.15) is 4.93 Å². The predicted octanol–water partition coefficient (Wildman–Crippen LogP) is 9.44. The van der Waals surface area contributed by atoms with Crippen LogP contribution in [0.1, 0.15) is 123 Å². The summed E-state index contributed by atoms with van der Waals surface area (Å²) in [6.07, 6.45) is 6.26. The van der Waals surface area contributed by atoms with Crippen LogP contribution in [0.15, 0.2) is 0 Å². The third kappa shape index (κ3) is 12.0. The minimum atomic E-state index is -0.437. The van der Waals surface area contributed by atoms with Crippen LogP contribution in [0.3, 0.4) is 0 Å². The summed E-state index contributed by atoms with van der Waals surface area (Å²) in [6.45, 7) is 31.9. The second-order valence-electron chi connectivity index (χ2n) is 13.3. The van der Waals surface area contributed by atoms with E-state index in [1.54, 1.807) is 0 Å². The molecule has 0 aromatic heterocycles. The SMILES string of the molecule is CCC(CC(C)(C)C(C)(C)OC(C)CC(C)(C)C(C)(C)OCCC(C)(C)SSC)OC(C)(C)S. The van der Waals surface area contributed by atoms with Crippen molar-refractivity contribution < 1.29 is 14.2 Å². The molecule has 34 heavy (non-hydrogen) atoms. The van der Waals surface area contributed by atoms with Crippen LogP contribution in [0.4, 0.5) is 0 Å². The Morgan fingerprint density at radius 2 is 1.26 bits per heavy atom. The first-order valence-electron chi connectivity index (χ1n) is 12.9. The van der Waals surface area contributed by atoms with Gasteiger partial charge in [-0.15, -0.1) is 12.6 Å². The molecule has 0 fully saturated rings. The van der Waals surface area contributed by atoms with E-state index in [9.17, 15) is 0 Å². The largest absolute Gasteiger partial charge is 0.375 e. The zero-order chi connectivity index (χ0) is 27.2. The fraction of sp³-hybridized carbons (Fsp3) is 1.00. The minimum absolute atomic E-state index is 0.0332.